The highest BCUT2D eigenvalue weighted by molar-refractivity contribution is 9.10. The Labute approximate surface area is 127 Å². The number of nitrogens with zero attached hydrogens (tertiary/aromatic N) is 1. The maximum absolute atomic E-state index is 13.3. The van der Waals surface area contributed by atoms with E-state index in [-0.39, 0.29) is 16.5 Å². The van der Waals surface area contributed by atoms with Crippen LogP contribution in [0.4, 0.5) is 15.8 Å². The lowest BCUT2D eigenvalue weighted by Gasteiger charge is -2.07. The average Bonchev–Trinajstić information content (AvgIpc) is 2.41. The molecule has 7 heteroatoms. The predicted molar refractivity (Wildman–Crippen MR) is 79.5 cm³/mol. The third-order valence-corrected chi connectivity index (χ3v) is 3.59. The zero-order valence-electron chi connectivity index (χ0n) is 10.1. The summed E-state index contributed by atoms with van der Waals surface area (Å²) in [6.07, 6.45) is 0. The van der Waals surface area contributed by atoms with Crippen molar-refractivity contribution in [3.63, 3.8) is 0 Å². The van der Waals surface area contributed by atoms with Crippen LogP contribution in [0.25, 0.3) is 0 Å². The molecule has 2 aromatic carbocycles. The van der Waals surface area contributed by atoms with E-state index in [0.717, 1.165) is 5.56 Å². The normalized spacial score (nSPS) is 10.3. The van der Waals surface area contributed by atoms with E-state index in [1.54, 1.807) is 18.2 Å². The van der Waals surface area contributed by atoms with Gasteiger partial charge in [-0.25, -0.2) is 4.39 Å². The maximum atomic E-state index is 13.3. The van der Waals surface area contributed by atoms with Crippen LogP contribution in [0, 0.1) is 15.9 Å². The Bertz CT molecular complexity index is 667. The van der Waals surface area contributed by atoms with E-state index in [1.807, 2.05) is 0 Å². The molecule has 0 bridgehead atoms. The fourth-order valence-corrected chi connectivity index (χ4v) is 2.05. The Morgan fingerprint density at radius 2 is 2.05 bits per heavy atom. The molecule has 2 rings (SSSR count). The van der Waals surface area contributed by atoms with Gasteiger partial charge in [-0.05, 0) is 45.8 Å². The number of benzene rings is 2. The first-order chi connectivity index (χ1) is 9.47. The molecule has 0 fully saturated rings. The number of nitrogens with one attached hydrogen (secondary N) is 1. The number of anilines is 1. The Hall–Kier alpha value is -1.66. The molecule has 20 heavy (non-hydrogen) atoms. The molecular weight excluding hydrogens is 351 g/mol. The Morgan fingerprint density at radius 1 is 1.30 bits per heavy atom. The maximum Gasteiger partial charge on any atom is 0.289 e. The van der Waals surface area contributed by atoms with Crippen molar-refractivity contribution >= 4 is 38.9 Å². The first-order valence-corrected chi connectivity index (χ1v) is 6.76. The summed E-state index contributed by atoms with van der Waals surface area (Å²) in [7, 11) is 0. The van der Waals surface area contributed by atoms with E-state index >= 15 is 0 Å². The summed E-state index contributed by atoms with van der Waals surface area (Å²) in [6, 6.07) is 9.18. The van der Waals surface area contributed by atoms with Crippen molar-refractivity contribution in [2.45, 2.75) is 6.54 Å². The highest BCUT2D eigenvalue weighted by atomic mass is 79.9. The van der Waals surface area contributed by atoms with Gasteiger partial charge in [0, 0.05) is 18.3 Å². The third-order valence-electron chi connectivity index (χ3n) is 2.62. The highest BCUT2D eigenvalue weighted by Gasteiger charge is 2.12. The second kappa shape index (κ2) is 6.19. The van der Waals surface area contributed by atoms with Crippen LogP contribution in [0.15, 0.2) is 40.9 Å². The van der Waals surface area contributed by atoms with E-state index in [1.165, 1.54) is 18.2 Å². The van der Waals surface area contributed by atoms with Gasteiger partial charge in [0.1, 0.15) is 10.8 Å². The topological polar surface area (TPSA) is 55.2 Å². The molecule has 0 atom stereocenters. The summed E-state index contributed by atoms with van der Waals surface area (Å²) in [5.74, 6) is -0.355. The molecule has 0 spiro atoms. The molecule has 1 N–H and O–H groups in total. The first-order valence-electron chi connectivity index (χ1n) is 5.59. The van der Waals surface area contributed by atoms with Gasteiger partial charge in [0.05, 0.1) is 9.40 Å². The van der Waals surface area contributed by atoms with Gasteiger partial charge in [-0.2, -0.15) is 0 Å². The minimum atomic E-state index is -0.549. The lowest BCUT2D eigenvalue weighted by atomic mass is 10.2. The molecule has 2 aromatic rings. The summed E-state index contributed by atoms with van der Waals surface area (Å²) in [5, 5.41) is 13.8. The molecule has 0 amide bonds. The van der Waals surface area contributed by atoms with Crippen LogP contribution < -0.4 is 5.32 Å². The van der Waals surface area contributed by atoms with E-state index in [9.17, 15) is 14.5 Å². The van der Waals surface area contributed by atoms with Crippen molar-refractivity contribution in [2.75, 3.05) is 5.32 Å². The van der Waals surface area contributed by atoms with Crippen LogP contribution >= 0.6 is 27.5 Å². The molecule has 0 radical (unpaired) electrons. The second-order valence-corrected chi connectivity index (χ2v) is 5.29. The monoisotopic (exact) mass is 358 g/mol. The molecule has 0 unspecified atom stereocenters. The molecule has 0 aliphatic heterocycles. The first kappa shape index (κ1) is 14.7. The second-order valence-electron chi connectivity index (χ2n) is 4.03. The summed E-state index contributed by atoms with van der Waals surface area (Å²) in [4.78, 5) is 10.2. The van der Waals surface area contributed by atoms with Crippen molar-refractivity contribution in [1.29, 1.82) is 0 Å². The number of rotatable bonds is 4. The Kier molecular flexibility index (Phi) is 4.57. The average molecular weight is 360 g/mol. The molecule has 104 valence electrons. The van der Waals surface area contributed by atoms with Gasteiger partial charge < -0.3 is 5.32 Å². The van der Waals surface area contributed by atoms with Gasteiger partial charge in [0.2, 0.25) is 0 Å². The van der Waals surface area contributed by atoms with E-state index in [2.05, 4.69) is 21.2 Å². The molecular formula is C13H9BrClFN2O2. The quantitative estimate of drug-likeness (QED) is 0.632. The molecule has 0 aliphatic carbocycles. The van der Waals surface area contributed by atoms with Crippen LogP contribution in [0.3, 0.4) is 0 Å². The molecule has 0 aliphatic rings. The number of nitro groups is 1. The molecule has 4 nitrogen and oxygen atoms in total. The van der Waals surface area contributed by atoms with E-state index < -0.39 is 4.92 Å². The predicted octanol–water partition coefficient (Wildman–Crippen LogP) is 4.76. The summed E-state index contributed by atoms with van der Waals surface area (Å²) >= 11 is 8.80. The van der Waals surface area contributed by atoms with Crippen LogP contribution in [-0.2, 0) is 6.54 Å². The van der Waals surface area contributed by atoms with Crippen molar-refractivity contribution in [3.05, 3.63) is 67.4 Å². The standard InChI is InChI=1S/C13H9BrClFN2O2/c14-10-3-1-8(5-12(10)16)7-17-9-2-4-11(15)13(6-9)18(19)20/h1-6,17H,7H2. The fourth-order valence-electron chi connectivity index (χ4n) is 1.62. The summed E-state index contributed by atoms with van der Waals surface area (Å²) < 4.78 is 13.7. The fraction of sp³-hybridized carbons (Fsp3) is 0.0769. The Morgan fingerprint density at radius 3 is 2.70 bits per heavy atom. The van der Waals surface area contributed by atoms with Crippen LogP contribution in [0.2, 0.25) is 5.02 Å². The molecule has 0 heterocycles. The van der Waals surface area contributed by atoms with Gasteiger partial charge in [-0.15, -0.1) is 0 Å². The molecule has 0 saturated heterocycles. The van der Waals surface area contributed by atoms with Crippen molar-refractivity contribution in [1.82, 2.24) is 0 Å². The highest BCUT2D eigenvalue weighted by Crippen LogP contribution is 2.27. The van der Waals surface area contributed by atoms with E-state index in [0.29, 0.717) is 16.7 Å². The van der Waals surface area contributed by atoms with Gasteiger partial charge in [-0.3, -0.25) is 10.1 Å². The smallest absolute Gasteiger partial charge is 0.289 e. The summed E-state index contributed by atoms with van der Waals surface area (Å²) in [5.41, 5.74) is 1.10. The SMILES string of the molecule is O=[N+]([O-])c1cc(NCc2ccc(Br)c(F)c2)ccc1Cl. The van der Waals surface area contributed by atoms with Gasteiger partial charge >= 0.3 is 0 Å². The van der Waals surface area contributed by atoms with Crippen molar-refractivity contribution < 1.29 is 9.31 Å². The van der Waals surface area contributed by atoms with Crippen molar-refractivity contribution in [2.24, 2.45) is 0 Å². The number of halogens is 3. The third kappa shape index (κ3) is 3.46. The zero-order chi connectivity index (χ0) is 14.7. The molecule has 0 saturated carbocycles. The van der Waals surface area contributed by atoms with Crippen LogP contribution in [0.1, 0.15) is 5.56 Å². The minimum Gasteiger partial charge on any atom is -0.381 e. The van der Waals surface area contributed by atoms with Crippen molar-refractivity contribution in [3.8, 4) is 0 Å². The number of hydrogen-bond donors (Lipinski definition) is 1. The van der Waals surface area contributed by atoms with Crippen LogP contribution in [-0.4, -0.2) is 4.92 Å². The lowest BCUT2D eigenvalue weighted by Crippen LogP contribution is -2.01. The van der Waals surface area contributed by atoms with Gasteiger partial charge in [0.15, 0.2) is 0 Å². The lowest BCUT2D eigenvalue weighted by molar-refractivity contribution is -0.384. The summed E-state index contributed by atoms with van der Waals surface area (Å²) in [6.45, 7) is 0.350. The molecule has 0 aromatic heterocycles. The largest absolute Gasteiger partial charge is 0.381 e. The minimum absolute atomic E-state index is 0.0789. The number of hydrogen-bond acceptors (Lipinski definition) is 3. The van der Waals surface area contributed by atoms with Crippen LogP contribution in [0.5, 0.6) is 0 Å². The van der Waals surface area contributed by atoms with Gasteiger partial charge in [-0.1, -0.05) is 17.7 Å². The van der Waals surface area contributed by atoms with E-state index in [4.69, 9.17) is 11.6 Å². The number of nitro benzene ring substituents is 1. The Balaban J connectivity index is 2.12. The van der Waals surface area contributed by atoms with Gasteiger partial charge in [0.25, 0.3) is 5.69 Å². The zero-order valence-corrected chi connectivity index (χ0v) is 12.4.